The summed E-state index contributed by atoms with van der Waals surface area (Å²) in [6.07, 6.45) is -6.68. The van der Waals surface area contributed by atoms with Crippen LogP contribution in [0.3, 0.4) is 0 Å². The van der Waals surface area contributed by atoms with Gasteiger partial charge in [0.05, 0.1) is 5.34 Å². The highest BCUT2D eigenvalue weighted by Crippen LogP contribution is 2.39. The summed E-state index contributed by atoms with van der Waals surface area (Å²) in [5.41, 5.74) is 0. The number of halogens is 6. The summed E-state index contributed by atoms with van der Waals surface area (Å²) in [5.74, 6) is -7.33. The van der Waals surface area contributed by atoms with Crippen molar-refractivity contribution in [3.05, 3.63) is 6.92 Å². The predicted octanol–water partition coefficient (Wildman–Crippen LogP) is 2.79. The van der Waals surface area contributed by atoms with Crippen molar-refractivity contribution in [2.24, 2.45) is 0 Å². The SMILES string of the molecule is [CH2]CCCC(=O)[C@@](F)(N(F)F)C(F)(F)OF. The zero-order valence-electron chi connectivity index (χ0n) is 7.86. The normalized spacial score (nSPS) is 16.2. The van der Waals surface area contributed by atoms with Crippen molar-refractivity contribution in [3.63, 3.8) is 0 Å². The van der Waals surface area contributed by atoms with Crippen LogP contribution in [0.4, 0.5) is 26.7 Å². The molecule has 16 heavy (non-hydrogen) atoms. The minimum atomic E-state index is -5.59. The monoisotopic (exact) mass is 252 g/mol. The van der Waals surface area contributed by atoms with E-state index in [2.05, 4.69) is 6.92 Å². The quantitative estimate of drug-likeness (QED) is 0.396. The molecule has 1 atom stereocenters. The molecular weight excluding hydrogens is 244 g/mol. The molecule has 0 aromatic carbocycles. The van der Waals surface area contributed by atoms with Crippen LogP contribution >= 0.6 is 0 Å². The summed E-state index contributed by atoms with van der Waals surface area (Å²) in [6, 6.07) is 0. The smallest absolute Gasteiger partial charge is 0.294 e. The first-order chi connectivity index (χ1) is 7.24. The highest BCUT2D eigenvalue weighted by atomic mass is 19.4. The van der Waals surface area contributed by atoms with Crippen LogP contribution in [-0.2, 0) is 9.74 Å². The van der Waals surface area contributed by atoms with Crippen molar-refractivity contribution < 1.29 is 36.4 Å². The van der Waals surface area contributed by atoms with Gasteiger partial charge in [0.25, 0.3) is 0 Å². The molecule has 9 heteroatoms. The lowest BCUT2D eigenvalue weighted by Crippen LogP contribution is -2.57. The number of ketones is 1. The Morgan fingerprint density at radius 2 is 1.81 bits per heavy atom. The maximum atomic E-state index is 13.1. The van der Waals surface area contributed by atoms with Gasteiger partial charge in [-0.05, 0) is 10.9 Å². The van der Waals surface area contributed by atoms with Gasteiger partial charge in [-0.3, -0.25) is 4.79 Å². The van der Waals surface area contributed by atoms with Gasteiger partial charge in [-0.25, -0.2) is 4.39 Å². The number of carbonyl (C=O) groups is 1. The highest BCUT2D eigenvalue weighted by molar-refractivity contribution is 5.87. The summed E-state index contributed by atoms with van der Waals surface area (Å²) in [7, 11) is 0. The van der Waals surface area contributed by atoms with E-state index in [4.69, 9.17) is 0 Å². The van der Waals surface area contributed by atoms with Crippen molar-refractivity contribution in [3.8, 4) is 0 Å². The molecule has 0 heterocycles. The number of rotatable bonds is 7. The average Bonchev–Trinajstić information content (AvgIpc) is 2.23. The van der Waals surface area contributed by atoms with Crippen molar-refractivity contribution >= 4 is 5.78 Å². The Hall–Kier alpha value is -0.830. The van der Waals surface area contributed by atoms with Gasteiger partial charge in [-0.1, -0.05) is 22.3 Å². The summed E-state index contributed by atoms with van der Waals surface area (Å²) < 4.78 is 73.1. The standard InChI is InChI=1S/C7H8F6NO2/c1-2-3-4-5(15)6(8,14(11)12)7(9,10)16-13/h1-4H2/t6-/m1/s1. The highest BCUT2D eigenvalue weighted by Gasteiger charge is 2.69. The van der Waals surface area contributed by atoms with Crippen LogP contribution in [0.25, 0.3) is 0 Å². The Bertz CT molecular complexity index is 249. The third-order valence-electron chi connectivity index (χ3n) is 1.74. The van der Waals surface area contributed by atoms with Crippen molar-refractivity contribution in [1.29, 1.82) is 0 Å². The number of hydrogen-bond donors (Lipinski definition) is 0. The van der Waals surface area contributed by atoms with E-state index < -0.39 is 29.4 Å². The summed E-state index contributed by atoms with van der Waals surface area (Å²) in [6.45, 7) is 3.20. The number of unbranched alkanes of at least 4 members (excludes halogenated alkanes) is 1. The second kappa shape index (κ2) is 5.48. The topological polar surface area (TPSA) is 29.5 Å². The Morgan fingerprint density at radius 3 is 2.12 bits per heavy atom. The number of nitrogens with zero attached hydrogens (tertiary/aromatic N) is 1. The van der Waals surface area contributed by atoms with E-state index in [-0.39, 0.29) is 12.8 Å². The van der Waals surface area contributed by atoms with Crippen LogP contribution in [0.1, 0.15) is 19.3 Å². The first-order valence-corrected chi connectivity index (χ1v) is 4.04. The fraction of sp³-hybridized carbons (Fsp3) is 0.714. The molecule has 0 aliphatic heterocycles. The lowest BCUT2D eigenvalue weighted by atomic mass is 10.0. The number of carbonyl (C=O) groups excluding carboxylic acids is 1. The predicted molar refractivity (Wildman–Crippen MR) is 39.2 cm³/mol. The molecule has 0 spiro atoms. The molecule has 0 saturated heterocycles. The van der Waals surface area contributed by atoms with Crippen molar-refractivity contribution in [1.82, 2.24) is 5.34 Å². The molecular formula is C7H8F6NO2. The molecule has 0 N–H and O–H groups in total. The van der Waals surface area contributed by atoms with Crippen molar-refractivity contribution in [2.45, 2.75) is 31.2 Å². The molecule has 0 unspecified atom stereocenters. The molecule has 1 radical (unpaired) electrons. The lowest BCUT2D eigenvalue weighted by Gasteiger charge is -2.27. The molecule has 95 valence electrons. The number of alkyl halides is 3. The van der Waals surface area contributed by atoms with E-state index >= 15 is 0 Å². The second-order valence-corrected chi connectivity index (χ2v) is 2.83. The molecule has 0 aliphatic rings. The summed E-state index contributed by atoms with van der Waals surface area (Å²) in [4.78, 5) is 12.6. The van der Waals surface area contributed by atoms with Gasteiger partial charge < -0.3 is 0 Å². The van der Waals surface area contributed by atoms with E-state index in [1.165, 1.54) is 0 Å². The van der Waals surface area contributed by atoms with E-state index in [9.17, 15) is 31.5 Å². The van der Waals surface area contributed by atoms with Crippen LogP contribution in [0.15, 0.2) is 0 Å². The maximum Gasteiger partial charge on any atom is 0.445 e. The molecule has 0 rings (SSSR count). The molecule has 3 nitrogen and oxygen atoms in total. The molecule has 0 fully saturated rings. The van der Waals surface area contributed by atoms with Crippen LogP contribution in [0.2, 0.25) is 0 Å². The minimum Gasteiger partial charge on any atom is -0.294 e. The Balaban J connectivity index is 5.04. The first-order valence-electron chi connectivity index (χ1n) is 4.04. The van der Waals surface area contributed by atoms with E-state index in [0.717, 1.165) is 0 Å². The zero-order chi connectivity index (χ0) is 13.0. The third kappa shape index (κ3) is 2.64. The van der Waals surface area contributed by atoms with Crippen LogP contribution in [-0.4, -0.2) is 23.0 Å². The van der Waals surface area contributed by atoms with Gasteiger partial charge in [0, 0.05) is 6.42 Å². The molecule has 0 amide bonds. The van der Waals surface area contributed by atoms with Crippen LogP contribution in [0, 0.1) is 6.92 Å². The Kier molecular flexibility index (Phi) is 5.20. The Morgan fingerprint density at radius 1 is 1.31 bits per heavy atom. The molecule has 0 saturated carbocycles. The fourth-order valence-electron chi connectivity index (χ4n) is 0.857. The average molecular weight is 252 g/mol. The van der Waals surface area contributed by atoms with Gasteiger partial charge >= 0.3 is 11.9 Å². The third-order valence-corrected chi connectivity index (χ3v) is 1.74. The van der Waals surface area contributed by atoms with Gasteiger partial charge in [0.1, 0.15) is 0 Å². The first kappa shape index (κ1) is 15.2. The zero-order valence-corrected chi connectivity index (χ0v) is 7.86. The fourth-order valence-corrected chi connectivity index (χ4v) is 0.857. The van der Waals surface area contributed by atoms with E-state index in [1.807, 2.05) is 0 Å². The van der Waals surface area contributed by atoms with Gasteiger partial charge in [0.2, 0.25) is 0 Å². The Labute approximate surface area is 86.7 Å². The van der Waals surface area contributed by atoms with Crippen LogP contribution < -0.4 is 0 Å². The molecule has 0 bridgehead atoms. The van der Waals surface area contributed by atoms with E-state index in [1.54, 1.807) is 4.94 Å². The molecule has 0 aromatic heterocycles. The summed E-state index contributed by atoms with van der Waals surface area (Å²) >= 11 is 0. The van der Waals surface area contributed by atoms with Gasteiger partial charge in [0.15, 0.2) is 5.78 Å². The van der Waals surface area contributed by atoms with Crippen molar-refractivity contribution in [2.75, 3.05) is 0 Å². The molecule has 0 aliphatic carbocycles. The lowest BCUT2D eigenvalue weighted by molar-refractivity contribution is -0.448. The maximum absolute atomic E-state index is 13.1. The van der Waals surface area contributed by atoms with E-state index in [0.29, 0.717) is 0 Å². The van der Waals surface area contributed by atoms with Crippen LogP contribution in [0.5, 0.6) is 0 Å². The number of hydrogen-bond acceptors (Lipinski definition) is 3. The number of Topliss-reactive ketones (excluding diaryl/α,β-unsaturated/α-hetero) is 1. The van der Waals surface area contributed by atoms with Gasteiger partial charge in [-0.2, -0.15) is 8.78 Å². The largest absolute Gasteiger partial charge is 0.445 e. The second-order valence-electron chi connectivity index (χ2n) is 2.83. The molecule has 0 aromatic rings. The minimum absolute atomic E-state index is 0.0441. The van der Waals surface area contributed by atoms with Gasteiger partial charge in [-0.15, -0.1) is 4.94 Å². The summed E-state index contributed by atoms with van der Waals surface area (Å²) in [5, 5.41) is -2.71.